The Morgan fingerprint density at radius 2 is 2.17 bits per heavy atom. The van der Waals surface area contributed by atoms with Crippen molar-refractivity contribution in [3.63, 3.8) is 0 Å². The number of halogens is 2. The van der Waals surface area contributed by atoms with Crippen molar-refractivity contribution >= 4 is 23.4 Å². The maximum absolute atomic E-state index is 14.1. The van der Waals surface area contributed by atoms with Crippen molar-refractivity contribution in [2.45, 2.75) is 19.3 Å². The highest BCUT2D eigenvalue weighted by atomic mass is 35.5. The first-order chi connectivity index (χ1) is 8.27. The quantitative estimate of drug-likeness (QED) is 0.854. The zero-order valence-electron chi connectivity index (χ0n) is 10.3. The molecule has 0 unspecified atom stereocenters. The van der Waals surface area contributed by atoms with Gasteiger partial charge in [-0.2, -0.15) is 0 Å². The lowest BCUT2D eigenvalue weighted by Crippen LogP contribution is -2.34. The average Bonchev–Trinajstić information content (AvgIpc) is 2.79. The van der Waals surface area contributed by atoms with E-state index < -0.39 is 0 Å². The molecule has 2 atom stereocenters. The topological polar surface area (TPSA) is 25.2 Å². The highest BCUT2D eigenvalue weighted by molar-refractivity contribution is 5.85. The van der Waals surface area contributed by atoms with Gasteiger partial charge in [0.2, 0.25) is 0 Å². The summed E-state index contributed by atoms with van der Waals surface area (Å²) in [6, 6.07) is 5.23. The molecule has 3 rings (SSSR count). The molecule has 2 heterocycles. The average molecular weight is 270 g/mol. The highest BCUT2D eigenvalue weighted by Gasteiger charge is 2.27. The van der Waals surface area contributed by atoms with Gasteiger partial charge in [-0.25, -0.2) is 4.39 Å². The molecular formula is C14H17ClFNO. The third kappa shape index (κ3) is 2.13. The molecule has 1 aliphatic rings. The molecular weight excluding hydrogens is 253 g/mol. The minimum Gasteiger partial charge on any atom is -0.464 e. The first-order valence-corrected chi connectivity index (χ1v) is 6.13. The van der Waals surface area contributed by atoms with Crippen LogP contribution < -0.4 is 5.32 Å². The Hall–Kier alpha value is -1.06. The van der Waals surface area contributed by atoms with Gasteiger partial charge in [0, 0.05) is 10.9 Å². The van der Waals surface area contributed by atoms with E-state index in [4.69, 9.17) is 4.42 Å². The van der Waals surface area contributed by atoms with Crippen LogP contribution in [0.2, 0.25) is 0 Å². The van der Waals surface area contributed by atoms with Gasteiger partial charge in [-0.15, -0.1) is 12.4 Å². The summed E-state index contributed by atoms with van der Waals surface area (Å²) in [5.41, 5.74) is 1.49. The second kappa shape index (κ2) is 5.29. The number of hydrogen-bond donors (Lipinski definition) is 1. The molecule has 2 nitrogen and oxygen atoms in total. The third-order valence-electron chi connectivity index (χ3n) is 3.76. The molecule has 1 saturated heterocycles. The van der Waals surface area contributed by atoms with Crippen LogP contribution in [0.3, 0.4) is 0 Å². The highest BCUT2D eigenvalue weighted by Crippen LogP contribution is 2.36. The molecule has 0 radical (unpaired) electrons. The van der Waals surface area contributed by atoms with Gasteiger partial charge < -0.3 is 9.73 Å². The molecule has 98 valence electrons. The Bertz CT molecular complexity index is 540. The summed E-state index contributed by atoms with van der Waals surface area (Å²) in [6.45, 7) is 4.06. The molecule has 0 amide bonds. The molecule has 1 aromatic carbocycles. The van der Waals surface area contributed by atoms with Gasteiger partial charge in [-0.1, -0.05) is 6.92 Å². The van der Waals surface area contributed by atoms with E-state index in [0.29, 0.717) is 5.92 Å². The van der Waals surface area contributed by atoms with Crippen molar-refractivity contribution in [2.75, 3.05) is 13.1 Å². The molecule has 0 aliphatic carbocycles. The van der Waals surface area contributed by atoms with Crippen LogP contribution in [0, 0.1) is 11.7 Å². The van der Waals surface area contributed by atoms with Gasteiger partial charge in [0.15, 0.2) is 0 Å². The number of rotatable bonds is 1. The molecule has 1 aromatic heterocycles. The SMILES string of the molecule is C[C@@H]1CNCC[C@@H]1c1c(F)ccc2ccoc12.Cl. The predicted octanol–water partition coefficient (Wildman–Crippen LogP) is 3.71. The van der Waals surface area contributed by atoms with Crippen LogP contribution in [0.4, 0.5) is 4.39 Å². The van der Waals surface area contributed by atoms with E-state index in [1.54, 1.807) is 18.4 Å². The van der Waals surface area contributed by atoms with Crippen molar-refractivity contribution in [3.05, 3.63) is 35.8 Å². The van der Waals surface area contributed by atoms with Crippen LogP contribution in [0.25, 0.3) is 11.0 Å². The van der Waals surface area contributed by atoms with E-state index in [0.717, 1.165) is 36.0 Å². The van der Waals surface area contributed by atoms with Crippen molar-refractivity contribution in [1.29, 1.82) is 0 Å². The first-order valence-electron chi connectivity index (χ1n) is 6.13. The van der Waals surface area contributed by atoms with Crippen molar-refractivity contribution in [1.82, 2.24) is 5.32 Å². The summed E-state index contributed by atoms with van der Waals surface area (Å²) >= 11 is 0. The van der Waals surface area contributed by atoms with Gasteiger partial charge in [-0.3, -0.25) is 0 Å². The van der Waals surface area contributed by atoms with Crippen LogP contribution in [-0.4, -0.2) is 13.1 Å². The lowest BCUT2D eigenvalue weighted by molar-refractivity contribution is 0.341. The molecule has 2 aromatic rings. The smallest absolute Gasteiger partial charge is 0.140 e. The number of furan rings is 1. The molecule has 1 fully saturated rings. The lowest BCUT2D eigenvalue weighted by atomic mass is 9.81. The van der Waals surface area contributed by atoms with Crippen LogP contribution in [0.5, 0.6) is 0 Å². The lowest BCUT2D eigenvalue weighted by Gasteiger charge is -2.30. The van der Waals surface area contributed by atoms with Crippen LogP contribution in [0.15, 0.2) is 28.9 Å². The zero-order valence-corrected chi connectivity index (χ0v) is 11.1. The van der Waals surface area contributed by atoms with Gasteiger partial charge >= 0.3 is 0 Å². The minimum absolute atomic E-state index is 0. The Morgan fingerprint density at radius 3 is 2.94 bits per heavy atom. The Balaban J connectivity index is 0.00000120. The number of benzene rings is 1. The summed E-state index contributed by atoms with van der Waals surface area (Å²) in [4.78, 5) is 0. The van der Waals surface area contributed by atoms with Crippen molar-refractivity contribution < 1.29 is 8.81 Å². The van der Waals surface area contributed by atoms with E-state index in [2.05, 4.69) is 12.2 Å². The van der Waals surface area contributed by atoms with Gasteiger partial charge in [0.05, 0.1) is 6.26 Å². The second-order valence-electron chi connectivity index (χ2n) is 4.88. The molecule has 18 heavy (non-hydrogen) atoms. The second-order valence-corrected chi connectivity index (χ2v) is 4.88. The van der Waals surface area contributed by atoms with Crippen LogP contribution in [-0.2, 0) is 0 Å². The van der Waals surface area contributed by atoms with Gasteiger partial charge in [0.1, 0.15) is 11.4 Å². The zero-order chi connectivity index (χ0) is 11.8. The molecule has 1 aliphatic heterocycles. The molecule has 4 heteroatoms. The number of fused-ring (bicyclic) bond motifs is 1. The maximum atomic E-state index is 14.1. The standard InChI is InChI=1S/C14H16FNO.ClH/c1-9-8-16-6-4-11(9)13-12(15)3-2-10-5-7-17-14(10)13;/h2-3,5,7,9,11,16H,4,6,8H2,1H3;1H/t9-,11+;/m1./s1. The summed E-state index contributed by atoms with van der Waals surface area (Å²) in [7, 11) is 0. The summed E-state index contributed by atoms with van der Waals surface area (Å²) in [6.07, 6.45) is 2.61. The third-order valence-corrected chi connectivity index (χ3v) is 3.76. The molecule has 0 saturated carbocycles. The number of piperidine rings is 1. The van der Waals surface area contributed by atoms with E-state index in [1.807, 2.05) is 6.07 Å². The van der Waals surface area contributed by atoms with Gasteiger partial charge in [-0.05, 0) is 49.5 Å². The fourth-order valence-electron chi connectivity index (χ4n) is 2.82. The largest absolute Gasteiger partial charge is 0.464 e. The Labute approximate surface area is 112 Å². The summed E-state index contributed by atoms with van der Waals surface area (Å²) in [5.74, 6) is 0.561. The number of nitrogens with one attached hydrogen (secondary N) is 1. The monoisotopic (exact) mass is 269 g/mol. The Morgan fingerprint density at radius 1 is 1.33 bits per heavy atom. The predicted molar refractivity (Wildman–Crippen MR) is 72.8 cm³/mol. The fraction of sp³-hybridized carbons (Fsp3) is 0.429. The fourth-order valence-corrected chi connectivity index (χ4v) is 2.82. The normalized spacial score (nSPS) is 23.9. The molecule has 0 bridgehead atoms. The first kappa shape index (κ1) is 13.4. The number of hydrogen-bond acceptors (Lipinski definition) is 2. The Kier molecular flexibility index (Phi) is 3.93. The minimum atomic E-state index is -0.133. The molecule has 1 N–H and O–H groups in total. The van der Waals surface area contributed by atoms with Crippen LogP contribution >= 0.6 is 12.4 Å². The van der Waals surface area contributed by atoms with Crippen molar-refractivity contribution in [3.8, 4) is 0 Å². The van der Waals surface area contributed by atoms with Gasteiger partial charge in [0.25, 0.3) is 0 Å². The van der Waals surface area contributed by atoms with E-state index in [1.165, 1.54) is 0 Å². The van der Waals surface area contributed by atoms with Crippen LogP contribution in [0.1, 0.15) is 24.8 Å². The summed E-state index contributed by atoms with van der Waals surface area (Å²) < 4.78 is 19.5. The maximum Gasteiger partial charge on any atom is 0.140 e. The van der Waals surface area contributed by atoms with E-state index >= 15 is 0 Å². The van der Waals surface area contributed by atoms with E-state index in [9.17, 15) is 4.39 Å². The van der Waals surface area contributed by atoms with Crippen molar-refractivity contribution in [2.24, 2.45) is 5.92 Å². The summed E-state index contributed by atoms with van der Waals surface area (Å²) in [5, 5.41) is 4.34. The molecule has 0 spiro atoms. The van der Waals surface area contributed by atoms with E-state index in [-0.39, 0.29) is 24.1 Å².